The van der Waals surface area contributed by atoms with Gasteiger partial charge in [-0.15, -0.1) is 0 Å². The lowest BCUT2D eigenvalue weighted by Gasteiger charge is -2.13. The van der Waals surface area contributed by atoms with Crippen LogP contribution < -0.4 is 10.5 Å². The monoisotopic (exact) mass is 293 g/mol. The lowest BCUT2D eigenvalue weighted by atomic mass is 10.0. The molecule has 0 aliphatic rings. The summed E-state index contributed by atoms with van der Waals surface area (Å²) in [6.07, 6.45) is 0. The predicted molar refractivity (Wildman–Crippen MR) is 86.1 cm³/mol. The summed E-state index contributed by atoms with van der Waals surface area (Å²) in [4.78, 5) is 0. The first kappa shape index (κ1) is 13.8. The molecule has 3 aromatic carbocycles. The lowest BCUT2D eigenvalue weighted by molar-refractivity contribution is 0.412. The van der Waals surface area contributed by atoms with Crippen molar-refractivity contribution in [2.45, 2.75) is 0 Å². The van der Waals surface area contributed by atoms with Gasteiger partial charge in [0.1, 0.15) is 11.5 Å². The Morgan fingerprint density at radius 2 is 1.55 bits per heavy atom. The van der Waals surface area contributed by atoms with Crippen molar-refractivity contribution in [3.63, 3.8) is 0 Å². The highest BCUT2D eigenvalue weighted by atomic mass is 16.5. The summed E-state index contributed by atoms with van der Waals surface area (Å²) in [6, 6.07) is 18.8. The van der Waals surface area contributed by atoms with Crippen LogP contribution >= 0.6 is 0 Å². The third kappa shape index (κ3) is 2.81. The van der Waals surface area contributed by atoms with Gasteiger partial charge in [-0.3, -0.25) is 0 Å². The van der Waals surface area contributed by atoms with E-state index in [1.807, 2.05) is 12.1 Å². The van der Waals surface area contributed by atoms with Crippen molar-refractivity contribution in [1.82, 2.24) is 0 Å². The van der Waals surface area contributed by atoms with E-state index in [0.29, 0.717) is 22.7 Å². The molecular formula is C18H15NO3. The first-order valence-corrected chi connectivity index (χ1v) is 6.78. The maximum atomic E-state index is 10.1. The van der Waals surface area contributed by atoms with Gasteiger partial charge in [-0.25, -0.2) is 0 Å². The number of phenolic OH excluding ortho intramolecular Hbond substituents is 2. The molecule has 0 aliphatic carbocycles. The fourth-order valence-electron chi connectivity index (χ4n) is 2.19. The SMILES string of the molecule is Nc1ccc(Oc2c(O)cccc2-c2cccc(O)c2)cc1. The van der Waals surface area contributed by atoms with Crippen molar-refractivity contribution in [2.75, 3.05) is 5.73 Å². The van der Waals surface area contributed by atoms with Gasteiger partial charge in [-0.2, -0.15) is 0 Å². The van der Waals surface area contributed by atoms with Gasteiger partial charge in [0.05, 0.1) is 0 Å². The number of phenols is 2. The van der Waals surface area contributed by atoms with Crippen molar-refractivity contribution in [3.8, 4) is 34.1 Å². The van der Waals surface area contributed by atoms with E-state index in [2.05, 4.69) is 0 Å². The molecular weight excluding hydrogens is 278 g/mol. The van der Waals surface area contributed by atoms with Gasteiger partial charge >= 0.3 is 0 Å². The number of nitrogens with two attached hydrogens (primary N) is 1. The Labute approximate surface area is 128 Å². The Morgan fingerprint density at radius 3 is 2.27 bits per heavy atom. The number of anilines is 1. The summed E-state index contributed by atoms with van der Waals surface area (Å²) in [5, 5.41) is 19.8. The number of para-hydroxylation sites is 1. The van der Waals surface area contributed by atoms with Crippen LogP contribution in [-0.4, -0.2) is 10.2 Å². The van der Waals surface area contributed by atoms with Crippen LogP contribution in [0.5, 0.6) is 23.0 Å². The highest BCUT2D eigenvalue weighted by molar-refractivity contribution is 5.75. The van der Waals surface area contributed by atoms with Gasteiger partial charge in [-0.05, 0) is 48.0 Å². The summed E-state index contributed by atoms with van der Waals surface area (Å²) in [5.41, 5.74) is 7.73. The Hall–Kier alpha value is -3.14. The highest BCUT2D eigenvalue weighted by Gasteiger charge is 2.12. The topological polar surface area (TPSA) is 75.7 Å². The molecule has 4 heteroatoms. The standard InChI is InChI=1S/C18H15NO3/c19-13-7-9-15(10-8-13)22-18-16(5-2-6-17(18)21)12-3-1-4-14(20)11-12/h1-11,20-21H,19H2. The highest BCUT2D eigenvalue weighted by Crippen LogP contribution is 2.40. The van der Waals surface area contributed by atoms with Crippen LogP contribution in [0.15, 0.2) is 66.7 Å². The smallest absolute Gasteiger partial charge is 0.176 e. The lowest BCUT2D eigenvalue weighted by Crippen LogP contribution is -1.90. The van der Waals surface area contributed by atoms with E-state index in [4.69, 9.17) is 10.5 Å². The van der Waals surface area contributed by atoms with E-state index >= 15 is 0 Å². The van der Waals surface area contributed by atoms with E-state index in [9.17, 15) is 10.2 Å². The Bertz CT molecular complexity index is 798. The molecule has 0 amide bonds. The minimum Gasteiger partial charge on any atom is -0.508 e. The Morgan fingerprint density at radius 1 is 0.818 bits per heavy atom. The molecule has 0 heterocycles. The third-order valence-electron chi connectivity index (χ3n) is 3.25. The van der Waals surface area contributed by atoms with Crippen LogP contribution in [0.1, 0.15) is 0 Å². The normalized spacial score (nSPS) is 10.4. The zero-order valence-electron chi connectivity index (χ0n) is 11.7. The van der Waals surface area contributed by atoms with Gasteiger partial charge in [0.2, 0.25) is 0 Å². The van der Waals surface area contributed by atoms with E-state index in [-0.39, 0.29) is 11.5 Å². The van der Waals surface area contributed by atoms with Crippen LogP contribution in [-0.2, 0) is 0 Å². The molecule has 0 aromatic heterocycles. The largest absolute Gasteiger partial charge is 0.508 e. The van der Waals surface area contributed by atoms with Crippen LogP contribution in [0.4, 0.5) is 5.69 Å². The fraction of sp³-hybridized carbons (Fsp3) is 0. The second-order valence-corrected chi connectivity index (χ2v) is 4.88. The minimum absolute atomic E-state index is 0.0256. The molecule has 4 N–H and O–H groups in total. The third-order valence-corrected chi connectivity index (χ3v) is 3.25. The van der Waals surface area contributed by atoms with Crippen molar-refractivity contribution >= 4 is 5.69 Å². The van der Waals surface area contributed by atoms with E-state index in [1.54, 1.807) is 54.6 Å². The van der Waals surface area contributed by atoms with Crippen LogP contribution in [0.2, 0.25) is 0 Å². The number of hydrogen-bond donors (Lipinski definition) is 3. The number of rotatable bonds is 3. The van der Waals surface area contributed by atoms with Crippen LogP contribution in [0, 0.1) is 0 Å². The number of aromatic hydroxyl groups is 2. The number of benzene rings is 3. The van der Waals surface area contributed by atoms with Gasteiger partial charge < -0.3 is 20.7 Å². The molecule has 0 radical (unpaired) electrons. The molecule has 0 unspecified atom stereocenters. The second-order valence-electron chi connectivity index (χ2n) is 4.88. The predicted octanol–water partition coefficient (Wildman–Crippen LogP) is 4.14. The van der Waals surface area contributed by atoms with E-state index in [0.717, 1.165) is 5.56 Å². The molecule has 3 rings (SSSR count). The number of nitrogen functional groups attached to an aromatic ring is 1. The van der Waals surface area contributed by atoms with Crippen LogP contribution in [0.25, 0.3) is 11.1 Å². The molecule has 0 saturated carbocycles. The first-order valence-electron chi connectivity index (χ1n) is 6.78. The molecule has 4 nitrogen and oxygen atoms in total. The summed E-state index contributed by atoms with van der Waals surface area (Å²) in [5.74, 6) is 1.08. The molecule has 0 spiro atoms. The number of ether oxygens (including phenoxy) is 1. The van der Waals surface area contributed by atoms with Crippen molar-refractivity contribution in [2.24, 2.45) is 0 Å². The summed E-state index contributed by atoms with van der Waals surface area (Å²) in [7, 11) is 0. The molecule has 0 fully saturated rings. The molecule has 3 aromatic rings. The van der Waals surface area contributed by atoms with Gasteiger partial charge in [0.15, 0.2) is 11.5 Å². The van der Waals surface area contributed by atoms with Crippen molar-refractivity contribution in [1.29, 1.82) is 0 Å². The molecule has 110 valence electrons. The average Bonchev–Trinajstić information content (AvgIpc) is 2.51. The van der Waals surface area contributed by atoms with Crippen LogP contribution in [0.3, 0.4) is 0 Å². The fourth-order valence-corrected chi connectivity index (χ4v) is 2.19. The average molecular weight is 293 g/mol. The Kier molecular flexibility index (Phi) is 3.58. The molecule has 0 saturated heterocycles. The molecule has 22 heavy (non-hydrogen) atoms. The van der Waals surface area contributed by atoms with E-state index < -0.39 is 0 Å². The minimum atomic E-state index is 0.0256. The summed E-state index contributed by atoms with van der Waals surface area (Å²) < 4.78 is 5.80. The van der Waals surface area contributed by atoms with E-state index in [1.165, 1.54) is 0 Å². The molecule has 0 aliphatic heterocycles. The van der Waals surface area contributed by atoms with Crippen molar-refractivity contribution < 1.29 is 14.9 Å². The maximum Gasteiger partial charge on any atom is 0.176 e. The maximum absolute atomic E-state index is 10.1. The molecule has 0 atom stereocenters. The number of hydrogen-bond acceptors (Lipinski definition) is 4. The summed E-state index contributed by atoms with van der Waals surface area (Å²) in [6.45, 7) is 0. The first-order chi connectivity index (χ1) is 10.6. The Balaban J connectivity index is 2.05. The zero-order valence-corrected chi connectivity index (χ0v) is 11.7. The zero-order chi connectivity index (χ0) is 15.5. The summed E-state index contributed by atoms with van der Waals surface area (Å²) >= 11 is 0. The van der Waals surface area contributed by atoms with Gasteiger partial charge in [-0.1, -0.05) is 24.3 Å². The van der Waals surface area contributed by atoms with Gasteiger partial charge in [0, 0.05) is 11.3 Å². The second kappa shape index (κ2) is 5.69. The van der Waals surface area contributed by atoms with Gasteiger partial charge in [0.25, 0.3) is 0 Å². The molecule has 0 bridgehead atoms. The van der Waals surface area contributed by atoms with Crippen molar-refractivity contribution in [3.05, 3.63) is 66.7 Å². The quantitative estimate of drug-likeness (QED) is 0.634.